The van der Waals surface area contributed by atoms with Crippen LogP contribution in [0.1, 0.15) is 33.3 Å². The van der Waals surface area contributed by atoms with Crippen molar-refractivity contribution in [3.8, 4) is 0 Å². The zero-order chi connectivity index (χ0) is 13.8. The van der Waals surface area contributed by atoms with Gasteiger partial charge in [-0.15, -0.1) is 0 Å². The van der Waals surface area contributed by atoms with Crippen LogP contribution in [0.3, 0.4) is 0 Å². The second kappa shape index (κ2) is 6.02. The predicted octanol–water partition coefficient (Wildman–Crippen LogP) is 3.55. The summed E-state index contributed by atoms with van der Waals surface area (Å²) in [5, 5.41) is 8.09. The average molecular weight is 257 g/mol. The molecule has 0 saturated heterocycles. The molecular weight excluding hydrogens is 234 g/mol. The lowest BCUT2D eigenvalue weighted by Crippen LogP contribution is -2.22. The van der Waals surface area contributed by atoms with E-state index in [2.05, 4.69) is 67.6 Å². The fraction of sp³-hybridized carbons (Fsp3) is 0.438. The largest absolute Gasteiger partial charge is 0.368 e. The van der Waals surface area contributed by atoms with Crippen LogP contribution < -0.4 is 10.6 Å². The first-order valence-electron chi connectivity index (χ1n) is 6.95. The van der Waals surface area contributed by atoms with Crippen molar-refractivity contribution in [2.45, 2.75) is 46.3 Å². The van der Waals surface area contributed by atoms with Crippen molar-refractivity contribution in [3.63, 3.8) is 0 Å². The third kappa shape index (κ3) is 3.67. The summed E-state index contributed by atoms with van der Waals surface area (Å²) in [6.07, 6.45) is 0. The van der Waals surface area contributed by atoms with Crippen LogP contribution in [-0.2, 0) is 6.54 Å². The highest BCUT2D eigenvalue weighted by atomic mass is 15.0. The molecule has 2 N–H and O–H groups in total. The van der Waals surface area contributed by atoms with Crippen molar-refractivity contribution < 1.29 is 0 Å². The molecule has 0 aliphatic carbocycles. The van der Waals surface area contributed by atoms with Gasteiger partial charge in [-0.2, -0.15) is 0 Å². The van der Waals surface area contributed by atoms with E-state index in [4.69, 9.17) is 0 Å². The number of rotatable bonds is 5. The summed E-state index contributed by atoms with van der Waals surface area (Å²) < 4.78 is 0. The smallest absolute Gasteiger partial charge is 0.127 e. The molecule has 0 aliphatic rings. The Kier molecular flexibility index (Phi) is 4.38. The van der Waals surface area contributed by atoms with Crippen LogP contribution in [0.25, 0.3) is 10.9 Å². The maximum Gasteiger partial charge on any atom is 0.127 e. The normalized spacial score (nSPS) is 11.5. The van der Waals surface area contributed by atoms with Gasteiger partial charge in [0.1, 0.15) is 5.82 Å². The van der Waals surface area contributed by atoms with E-state index >= 15 is 0 Å². The zero-order valence-electron chi connectivity index (χ0n) is 12.2. The van der Waals surface area contributed by atoms with Gasteiger partial charge in [-0.25, -0.2) is 4.98 Å². The third-order valence-electron chi connectivity index (χ3n) is 2.94. The Balaban J connectivity index is 2.39. The summed E-state index contributed by atoms with van der Waals surface area (Å²) in [7, 11) is 0. The van der Waals surface area contributed by atoms with Gasteiger partial charge >= 0.3 is 0 Å². The number of hydrogen-bond donors (Lipinski definition) is 2. The van der Waals surface area contributed by atoms with Crippen LogP contribution in [0, 0.1) is 0 Å². The molecule has 1 aromatic heterocycles. The number of aromatic nitrogens is 1. The molecule has 0 saturated carbocycles. The summed E-state index contributed by atoms with van der Waals surface area (Å²) in [4.78, 5) is 4.66. The van der Waals surface area contributed by atoms with E-state index < -0.39 is 0 Å². The highest BCUT2D eigenvalue weighted by Gasteiger charge is 2.06. The number of para-hydroxylation sites is 1. The summed E-state index contributed by atoms with van der Waals surface area (Å²) >= 11 is 0. The van der Waals surface area contributed by atoms with Gasteiger partial charge in [-0.1, -0.05) is 32.0 Å². The molecule has 3 nitrogen and oxygen atoms in total. The predicted molar refractivity (Wildman–Crippen MR) is 82.5 cm³/mol. The van der Waals surface area contributed by atoms with E-state index in [9.17, 15) is 0 Å². The summed E-state index contributed by atoms with van der Waals surface area (Å²) in [6, 6.07) is 11.3. The van der Waals surface area contributed by atoms with E-state index in [0.29, 0.717) is 12.1 Å². The van der Waals surface area contributed by atoms with Gasteiger partial charge in [0, 0.05) is 24.0 Å². The molecule has 2 aromatic rings. The zero-order valence-corrected chi connectivity index (χ0v) is 12.2. The number of hydrogen-bond acceptors (Lipinski definition) is 3. The van der Waals surface area contributed by atoms with Gasteiger partial charge in [0.05, 0.1) is 5.52 Å². The van der Waals surface area contributed by atoms with Gasteiger partial charge in [0.15, 0.2) is 0 Å². The Morgan fingerprint density at radius 1 is 1.05 bits per heavy atom. The van der Waals surface area contributed by atoms with E-state index in [0.717, 1.165) is 17.9 Å². The number of benzene rings is 1. The Morgan fingerprint density at radius 3 is 2.47 bits per heavy atom. The molecule has 0 amide bonds. The van der Waals surface area contributed by atoms with Crippen molar-refractivity contribution in [1.82, 2.24) is 10.3 Å². The molecule has 0 spiro atoms. The molecule has 0 bridgehead atoms. The van der Waals surface area contributed by atoms with Crippen molar-refractivity contribution >= 4 is 16.7 Å². The van der Waals surface area contributed by atoms with Crippen molar-refractivity contribution in [2.75, 3.05) is 5.32 Å². The van der Waals surface area contributed by atoms with Crippen molar-refractivity contribution in [3.05, 3.63) is 35.9 Å². The summed E-state index contributed by atoms with van der Waals surface area (Å²) in [6.45, 7) is 9.45. The lowest BCUT2D eigenvalue weighted by molar-refractivity contribution is 0.590. The topological polar surface area (TPSA) is 37.0 Å². The van der Waals surface area contributed by atoms with Gasteiger partial charge in [0.25, 0.3) is 0 Å². The van der Waals surface area contributed by atoms with Crippen LogP contribution in [0.15, 0.2) is 30.3 Å². The second-order valence-corrected chi connectivity index (χ2v) is 5.52. The second-order valence-electron chi connectivity index (χ2n) is 5.52. The fourth-order valence-corrected chi connectivity index (χ4v) is 2.08. The van der Waals surface area contributed by atoms with E-state index in [1.165, 1.54) is 10.9 Å². The first kappa shape index (κ1) is 13.8. The number of anilines is 1. The Labute approximate surface area is 115 Å². The molecule has 19 heavy (non-hydrogen) atoms. The Bertz CT molecular complexity index is 547. The molecule has 0 aliphatic heterocycles. The van der Waals surface area contributed by atoms with Crippen LogP contribution in [0.4, 0.5) is 5.82 Å². The maximum absolute atomic E-state index is 4.66. The summed E-state index contributed by atoms with van der Waals surface area (Å²) in [5.41, 5.74) is 2.34. The minimum atomic E-state index is 0.388. The quantitative estimate of drug-likeness (QED) is 0.860. The molecule has 3 heteroatoms. The van der Waals surface area contributed by atoms with Crippen molar-refractivity contribution in [2.24, 2.45) is 0 Å². The Hall–Kier alpha value is -1.61. The van der Waals surface area contributed by atoms with E-state index in [1.54, 1.807) is 0 Å². The molecule has 1 aromatic carbocycles. The highest BCUT2D eigenvalue weighted by molar-refractivity contribution is 5.84. The number of pyridine rings is 1. The number of nitrogens with zero attached hydrogens (tertiary/aromatic N) is 1. The molecule has 102 valence electrons. The maximum atomic E-state index is 4.66. The number of fused-ring (bicyclic) bond motifs is 1. The molecule has 0 atom stereocenters. The Morgan fingerprint density at radius 2 is 1.79 bits per heavy atom. The first-order valence-corrected chi connectivity index (χ1v) is 6.95. The standard InChI is InChI=1S/C16H23N3/c1-11(2)17-10-13-9-16(18-12(3)4)19-15-8-6-5-7-14(13)15/h5-9,11-12,17H,10H2,1-4H3,(H,18,19). The van der Waals surface area contributed by atoms with Crippen LogP contribution >= 0.6 is 0 Å². The highest BCUT2D eigenvalue weighted by Crippen LogP contribution is 2.21. The van der Waals surface area contributed by atoms with Gasteiger partial charge in [0.2, 0.25) is 0 Å². The lowest BCUT2D eigenvalue weighted by Gasteiger charge is -2.14. The molecule has 0 radical (unpaired) electrons. The van der Waals surface area contributed by atoms with Crippen LogP contribution in [0.5, 0.6) is 0 Å². The van der Waals surface area contributed by atoms with Gasteiger partial charge in [-0.05, 0) is 31.5 Å². The summed E-state index contributed by atoms with van der Waals surface area (Å²) in [5.74, 6) is 0.953. The molecular formula is C16H23N3. The average Bonchev–Trinajstić information content (AvgIpc) is 2.35. The van der Waals surface area contributed by atoms with E-state index in [1.807, 2.05) is 6.07 Å². The van der Waals surface area contributed by atoms with Crippen LogP contribution in [-0.4, -0.2) is 17.1 Å². The van der Waals surface area contributed by atoms with Crippen LogP contribution in [0.2, 0.25) is 0 Å². The molecule has 2 rings (SSSR count). The van der Waals surface area contributed by atoms with Crippen molar-refractivity contribution in [1.29, 1.82) is 0 Å². The lowest BCUT2D eigenvalue weighted by atomic mass is 10.1. The third-order valence-corrected chi connectivity index (χ3v) is 2.94. The minimum absolute atomic E-state index is 0.388. The SMILES string of the molecule is CC(C)NCc1cc(NC(C)C)nc2ccccc12. The van der Waals surface area contributed by atoms with E-state index in [-0.39, 0.29) is 0 Å². The molecule has 1 heterocycles. The van der Waals surface area contributed by atoms with Gasteiger partial charge in [-0.3, -0.25) is 0 Å². The first-order chi connectivity index (χ1) is 9.06. The number of nitrogens with one attached hydrogen (secondary N) is 2. The molecule has 0 fully saturated rings. The minimum Gasteiger partial charge on any atom is -0.368 e. The monoisotopic (exact) mass is 257 g/mol. The van der Waals surface area contributed by atoms with Gasteiger partial charge < -0.3 is 10.6 Å². The molecule has 0 unspecified atom stereocenters. The fourth-order valence-electron chi connectivity index (χ4n) is 2.08.